The zero-order valence-electron chi connectivity index (χ0n) is 10.9. The Balaban J connectivity index is 2.02. The van der Waals surface area contributed by atoms with E-state index in [0.717, 1.165) is 12.0 Å². The number of hydrogen-bond donors (Lipinski definition) is 1. The quantitative estimate of drug-likeness (QED) is 0.698. The maximum atomic E-state index is 3.84. The van der Waals surface area contributed by atoms with E-state index in [9.17, 15) is 0 Å². The molecule has 0 radical (unpaired) electrons. The van der Waals surface area contributed by atoms with E-state index in [2.05, 4.69) is 33.0 Å². The van der Waals surface area contributed by atoms with E-state index < -0.39 is 0 Å². The monoisotopic (exact) mass is 209 g/mol. The van der Waals surface area contributed by atoms with Crippen molar-refractivity contribution in [2.24, 2.45) is 16.7 Å². The van der Waals surface area contributed by atoms with Gasteiger partial charge in [0.15, 0.2) is 0 Å². The molecule has 1 N–H and O–H groups in total. The van der Waals surface area contributed by atoms with E-state index in [1.807, 2.05) is 0 Å². The average molecular weight is 209 g/mol. The molecule has 0 heterocycles. The molecule has 15 heavy (non-hydrogen) atoms. The van der Waals surface area contributed by atoms with Crippen molar-refractivity contribution in [2.75, 3.05) is 6.54 Å². The van der Waals surface area contributed by atoms with Gasteiger partial charge in [-0.1, -0.05) is 34.1 Å². The largest absolute Gasteiger partial charge is 0.313 e. The van der Waals surface area contributed by atoms with Crippen molar-refractivity contribution in [3.63, 3.8) is 0 Å². The molecule has 1 heteroatoms. The van der Waals surface area contributed by atoms with Crippen LogP contribution in [0.5, 0.6) is 0 Å². The van der Waals surface area contributed by atoms with Gasteiger partial charge < -0.3 is 5.32 Å². The lowest BCUT2D eigenvalue weighted by molar-refractivity contribution is 0.109. The summed E-state index contributed by atoms with van der Waals surface area (Å²) in [7, 11) is 0. The van der Waals surface area contributed by atoms with Gasteiger partial charge in [0.25, 0.3) is 0 Å². The SMILES string of the molecule is CCCCNC1C(C)(C)[C@H]2CC[C@]1(C)C2. The van der Waals surface area contributed by atoms with E-state index in [1.54, 1.807) is 0 Å². The van der Waals surface area contributed by atoms with Crippen LogP contribution in [-0.2, 0) is 0 Å². The lowest BCUT2D eigenvalue weighted by Crippen LogP contribution is -2.50. The number of nitrogens with one attached hydrogen (secondary N) is 1. The second-order valence-electron chi connectivity index (χ2n) is 6.66. The zero-order valence-corrected chi connectivity index (χ0v) is 10.9. The summed E-state index contributed by atoms with van der Waals surface area (Å²) in [5.74, 6) is 0.974. The highest BCUT2D eigenvalue weighted by Crippen LogP contribution is 2.62. The van der Waals surface area contributed by atoms with Crippen molar-refractivity contribution >= 4 is 0 Å². The number of hydrogen-bond acceptors (Lipinski definition) is 1. The summed E-state index contributed by atoms with van der Waals surface area (Å²) in [5.41, 5.74) is 1.13. The van der Waals surface area contributed by atoms with Crippen LogP contribution in [0, 0.1) is 16.7 Å². The summed E-state index contributed by atoms with van der Waals surface area (Å²) in [6.07, 6.45) is 7.01. The molecule has 2 fully saturated rings. The summed E-state index contributed by atoms with van der Waals surface area (Å²) in [4.78, 5) is 0. The van der Waals surface area contributed by atoms with Gasteiger partial charge in [-0.25, -0.2) is 0 Å². The molecule has 2 aliphatic rings. The molecule has 1 nitrogen and oxygen atoms in total. The summed E-state index contributed by atoms with van der Waals surface area (Å²) in [6, 6.07) is 0.760. The molecule has 1 unspecified atom stereocenters. The Morgan fingerprint density at radius 3 is 2.53 bits per heavy atom. The standard InChI is InChI=1S/C14H27N/c1-5-6-9-15-12-13(2,3)11-7-8-14(12,4)10-11/h11-12,15H,5-10H2,1-4H3/t11-,12?,14+/m0/s1. The Bertz CT molecular complexity index is 229. The van der Waals surface area contributed by atoms with Crippen LogP contribution < -0.4 is 5.32 Å². The van der Waals surface area contributed by atoms with Gasteiger partial charge in [0.05, 0.1) is 0 Å². The molecular weight excluding hydrogens is 182 g/mol. The van der Waals surface area contributed by atoms with Gasteiger partial charge in [-0.15, -0.1) is 0 Å². The van der Waals surface area contributed by atoms with Crippen LogP contribution in [0.3, 0.4) is 0 Å². The van der Waals surface area contributed by atoms with E-state index in [1.165, 1.54) is 38.6 Å². The highest BCUT2D eigenvalue weighted by molar-refractivity contribution is 5.11. The number of unbranched alkanes of at least 4 members (excludes halogenated alkanes) is 1. The van der Waals surface area contributed by atoms with E-state index in [0.29, 0.717) is 10.8 Å². The fourth-order valence-electron chi connectivity index (χ4n) is 4.23. The Morgan fingerprint density at radius 2 is 2.00 bits per heavy atom. The minimum absolute atomic E-state index is 0.529. The minimum atomic E-state index is 0.529. The molecule has 2 saturated carbocycles. The zero-order chi connectivity index (χ0) is 11.1. The maximum Gasteiger partial charge on any atom is 0.0175 e. The number of rotatable bonds is 4. The van der Waals surface area contributed by atoms with Crippen molar-refractivity contribution in [1.82, 2.24) is 5.32 Å². The Hall–Kier alpha value is -0.0400. The lowest BCUT2D eigenvalue weighted by atomic mass is 9.68. The molecule has 2 bridgehead atoms. The Morgan fingerprint density at radius 1 is 1.27 bits per heavy atom. The first-order chi connectivity index (χ1) is 7.00. The third-order valence-electron chi connectivity index (χ3n) is 5.15. The first kappa shape index (κ1) is 11.4. The highest BCUT2D eigenvalue weighted by atomic mass is 15.0. The molecule has 88 valence electrons. The average Bonchev–Trinajstić information content (AvgIpc) is 2.62. The maximum absolute atomic E-state index is 3.84. The van der Waals surface area contributed by atoms with Gasteiger partial charge in [-0.2, -0.15) is 0 Å². The molecule has 0 aliphatic heterocycles. The Labute approximate surface area is 95.0 Å². The summed E-state index contributed by atoms with van der Waals surface area (Å²) < 4.78 is 0. The topological polar surface area (TPSA) is 12.0 Å². The molecule has 0 amide bonds. The molecule has 3 atom stereocenters. The van der Waals surface area contributed by atoms with Crippen LogP contribution in [0.15, 0.2) is 0 Å². The predicted octanol–water partition coefficient (Wildman–Crippen LogP) is 3.59. The van der Waals surface area contributed by atoms with Crippen molar-refractivity contribution in [2.45, 2.75) is 65.8 Å². The van der Waals surface area contributed by atoms with Gasteiger partial charge in [0, 0.05) is 6.04 Å². The van der Waals surface area contributed by atoms with Crippen LogP contribution in [0.4, 0.5) is 0 Å². The number of fused-ring (bicyclic) bond motifs is 2. The third-order valence-corrected chi connectivity index (χ3v) is 5.15. The summed E-state index contributed by atoms with van der Waals surface area (Å²) in [5, 5.41) is 3.84. The summed E-state index contributed by atoms with van der Waals surface area (Å²) >= 11 is 0. The van der Waals surface area contributed by atoms with Crippen LogP contribution >= 0.6 is 0 Å². The molecule has 2 aliphatic carbocycles. The van der Waals surface area contributed by atoms with Crippen LogP contribution in [0.1, 0.15) is 59.8 Å². The van der Waals surface area contributed by atoms with E-state index >= 15 is 0 Å². The molecule has 0 aromatic heterocycles. The highest BCUT2D eigenvalue weighted by Gasteiger charge is 2.58. The van der Waals surface area contributed by atoms with Gasteiger partial charge in [-0.05, 0) is 49.0 Å². The molecule has 0 aromatic carbocycles. The minimum Gasteiger partial charge on any atom is -0.313 e. The van der Waals surface area contributed by atoms with Crippen LogP contribution in [-0.4, -0.2) is 12.6 Å². The first-order valence-electron chi connectivity index (χ1n) is 6.74. The molecular formula is C14H27N. The van der Waals surface area contributed by atoms with Crippen molar-refractivity contribution in [3.05, 3.63) is 0 Å². The van der Waals surface area contributed by atoms with Gasteiger partial charge in [0.2, 0.25) is 0 Å². The summed E-state index contributed by atoms with van der Waals surface area (Å²) in [6.45, 7) is 10.9. The normalized spacial score (nSPS) is 42.4. The Kier molecular flexibility index (Phi) is 2.87. The molecule has 2 rings (SSSR count). The second kappa shape index (κ2) is 3.76. The van der Waals surface area contributed by atoms with Crippen LogP contribution in [0.2, 0.25) is 0 Å². The second-order valence-corrected chi connectivity index (χ2v) is 6.66. The predicted molar refractivity (Wildman–Crippen MR) is 65.9 cm³/mol. The van der Waals surface area contributed by atoms with Gasteiger partial charge in [0.1, 0.15) is 0 Å². The first-order valence-corrected chi connectivity index (χ1v) is 6.74. The molecule has 0 saturated heterocycles. The molecule has 0 spiro atoms. The van der Waals surface area contributed by atoms with Gasteiger partial charge >= 0.3 is 0 Å². The van der Waals surface area contributed by atoms with Crippen molar-refractivity contribution < 1.29 is 0 Å². The smallest absolute Gasteiger partial charge is 0.0175 e. The van der Waals surface area contributed by atoms with E-state index in [-0.39, 0.29) is 0 Å². The van der Waals surface area contributed by atoms with Crippen molar-refractivity contribution in [1.29, 1.82) is 0 Å². The third kappa shape index (κ3) is 1.73. The van der Waals surface area contributed by atoms with Crippen molar-refractivity contribution in [3.8, 4) is 0 Å². The lowest BCUT2D eigenvalue weighted by Gasteiger charge is -2.43. The fraction of sp³-hybridized carbons (Fsp3) is 1.00. The van der Waals surface area contributed by atoms with Gasteiger partial charge in [-0.3, -0.25) is 0 Å². The van der Waals surface area contributed by atoms with Crippen LogP contribution in [0.25, 0.3) is 0 Å². The molecule has 0 aromatic rings. The fourth-order valence-corrected chi connectivity index (χ4v) is 4.23. The van der Waals surface area contributed by atoms with E-state index in [4.69, 9.17) is 0 Å².